The van der Waals surface area contributed by atoms with E-state index in [1.54, 1.807) is 16.7 Å². The van der Waals surface area contributed by atoms with Crippen LogP contribution < -0.4 is 5.32 Å². The van der Waals surface area contributed by atoms with Gasteiger partial charge in [-0.05, 0) is 25.3 Å². The molecule has 21 heavy (non-hydrogen) atoms. The van der Waals surface area contributed by atoms with Crippen LogP contribution in [-0.4, -0.2) is 47.9 Å². The molecule has 0 bridgehead atoms. The molecule has 0 saturated heterocycles. The number of hydrogen-bond acceptors (Lipinski definition) is 4. The Hall–Kier alpha value is -1.75. The number of anilines is 1. The highest BCUT2D eigenvalue weighted by molar-refractivity contribution is 7.98. The van der Waals surface area contributed by atoms with Gasteiger partial charge in [-0.3, -0.25) is 4.79 Å². The Bertz CT molecular complexity index is 644. The number of carbonyl (C=O) groups is 1. The number of amides is 1. The predicted octanol–water partition coefficient (Wildman–Crippen LogP) is 3.10. The van der Waals surface area contributed by atoms with E-state index < -0.39 is 0 Å². The Morgan fingerprint density at radius 3 is 2.81 bits per heavy atom. The molecule has 1 aromatic heterocycles. The molecule has 0 aliphatic rings. The van der Waals surface area contributed by atoms with Crippen LogP contribution in [0.5, 0.6) is 0 Å². The summed E-state index contributed by atoms with van der Waals surface area (Å²) in [7, 11) is 3.67. The zero-order chi connectivity index (χ0) is 15.4. The highest BCUT2D eigenvalue weighted by Gasteiger charge is 2.20. The first kappa shape index (κ1) is 15.6. The molecule has 0 fully saturated rings. The molecule has 5 heteroatoms. The molecule has 2 aromatic rings. The number of hydrogen-bond donors (Lipinski definition) is 1. The van der Waals surface area contributed by atoms with E-state index in [1.165, 1.54) is 0 Å². The van der Waals surface area contributed by atoms with Crippen LogP contribution in [0.25, 0.3) is 10.9 Å². The lowest BCUT2D eigenvalue weighted by Gasteiger charge is -2.25. The molecule has 1 aromatic carbocycles. The van der Waals surface area contributed by atoms with Crippen LogP contribution in [0.1, 0.15) is 17.3 Å². The Morgan fingerprint density at radius 1 is 1.43 bits per heavy atom. The highest BCUT2D eigenvalue weighted by Crippen LogP contribution is 2.22. The summed E-state index contributed by atoms with van der Waals surface area (Å²) in [5, 5.41) is 3.91. The molecule has 1 N–H and O–H groups in total. The van der Waals surface area contributed by atoms with Crippen molar-refractivity contribution in [2.75, 3.05) is 31.4 Å². The summed E-state index contributed by atoms with van der Waals surface area (Å²) < 4.78 is 0. The standard InChI is InChI=1S/C16H21N3OS/c1-11(10-21-4)19(3)16(20)13-9-15(17-2)18-14-8-6-5-7-12(13)14/h5-9,11H,10H2,1-4H3,(H,17,18)/t11-/m1/s1. The zero-order valence-corrected chi connectivity index (χ0v) is 13.7. The second-order valence-corrected chi connectivity index (χ2v) is 5.95. The van der Waals surface area contributed by atoms with Crippen LogP contribution in [0.4, 0.5) is 5.82 Å². The molecular weight excluding hydrogens is 282 g/mol. The molecule has 1 heterocycles. The topological polar surface area (TPSA) is 45.2 Å². The summed E-state index contributed by atoms with van der Waals surface area (Å²) in [4.78, 5) is 19.1. The third-order valence-electron chi connectivity index (χ3n) is 3.59. The average molecular weight is 303 g/mol. The molecule has 2 rings (SSSR count). The smallest absolute Gasteiger partial charge is 0.254 e. The van der Waals surface area contributed by atoms with Crippen molar-refractivity contribution in [1.82, 2.24) is 9.88 Å². The number of rotatable bonds is 5. The molecule has 4 nitrogen and oxygen atoms in total. The van der Waals surface area contributed by atoms with Gasteiger partial charge in [-0.25, -0.2) is 4.98 Å². The monoisotopic (exact) mass is 303 g/mol. The van der Waals surface area contributed by atoms with Crippen molar-refractivity contribution in [3.63, 3.8) is 0 Å². The summed E-state index contributed by atoms with van der Waals surface area (Å²) in [5.41, 5.74) is 1.53. The van der Waals surface area contributed by atoms with E-state index >= 15 is 0 Å². The van der Waals surface area contributed by atoms with E-state index in [9.17, 15) is 4.79 Å². The van der Waals surface area contributed by atoms with Crippen LogP contribution in [0.15, 0.2) is 30.3 Å². The Morgan fingerprint density at radius 2 is 2.14 bits per heavy atom. The van der Waals surface area contributed by atoms with E-state index in [0.717, 1.165) is 16.7 Å². The van der Waals surface area contributed by atoms with Gasteiger partial charge < -0.3 is 10.2 Å². The summed E-state index contributed by atoms with van der Waals surface area (Å²) in [6, 6.07) is 9.76. The quantitative estimate of drug-likeness (QED) is 0.922. The first-order chi connectivity index (χ1) is 10.1. The fraction of sp³-hybridized carbons (Fsp3) is 0.375. The van der Waals surface area contributed by atoms with Crippen LogP contribution in [0, 0.1) is 0 Å². The summed E-state index contributed by atoms with van der Waals surface area (Å²) >= 11 is 1.74. The number of nitrogens with zero attached hydrogens (tertiary/aromatic N) is 2. The van der Waals surface area contributed by atoms with Crippen molar-refractivity contribution in [1.29, 1.82) is 0 Å². The van der Waals surface area contributed by atoms with Gasteiger partial charge >= 0.3 is 0 Å². The molecule has 0 radical (unpaired) electrons. The second-order valence-electron chi connectivity index (χ2n) is 5.04. The molecule has 1 atom stereocenters. The lowest BCUT2D eigenvalue weighted by Crippen LogP contribution is -2.36. The molecule has 0 unspecified atom stereocenters. The average Bonchev–Trinajstić information content (AvgIpc) is 2.52. The summed E-state index contributed by atoms with van der Waals surface area (Å²) in [5.74, 6) is 1.67. The van der Waals surface area contributed by atoms with E-state index in [-0.39, 0.29) is 11.9 Å². The maximum atomic E-state index is 12.8. The number of thioether (sulfide) groups is 1. The second kappa shape index (κ2) is 6.80. The van der Waals surface area contributed by atoms with Gasteiger partial charge in [0.2, 0.25) is 0 Å². The molecule has 0 saturated carbocycles. The number of para-hydroxylation sites is 1. The third kappa shape index (κ3) is 3.29. The molecule has 1 amide bonds. The first-order valence-electron chi connectivity index (χ1n) is 6.92. The van der Waals surface area contributed by atoms with Crippen LogP contribution in [-0.2, 0) is 0 Å². The number of fused-ring (bicyclic) bond motifs is 1. The fourth-order valence-electron chi connectivity index (χ4n) is 2.22. The molecule has 112 valence electrons. The van der Waals surface area contributed by atoms with Gasteiger partial charge in [-0.2, -0.15) is 11.8 Å². The van der Waals surface area contributed by atoms with Crippen molar-refractivity contribution >= 4 is 34.4 Å². The van der Waals surface area contributed by atoms with Crippen LogP contribution in [0.3, 0.4) is 0 Å². The zero-order valence-electron chi connectivity index (χ0n) is 12.9. The normalized spacial score (nSPS) is 12.2. The maximum Gasteiger partial charge on any atom is 0.254 e. The molecule has 0 aliphatic carbocycles. The minimum Gasteiger partial charge on any atom is -0.373 e. The van der Waals surface area contributed by atoms with Crippen LogP contribution >= 0.6 is 11.8 Å². The van der Waals surface area contributed by atoms with Crippen molar-refractivity contribution in [3.05, 3.63) is 35.9 Å². The van der Waals surface area contributed by atoms with Gasteiger partial charge in [0.1, 0.15) is 5.82 Å². The molecular formula is C16H21N3OS. The fourth-order valence-corrected chi connectivity index (χ4v) is 2.93. The minimum atomic E-state index is 0.0339. The number of carbonyl (C=O) groups excluding carboxylic acids is 1. The van der Waals surface area contributed by atoms with Gasteiger partial charge in [-0.1, -0.05) is 18.2 Å². The lowest BCUT2D eigenvalue weighted by atomic mass is 10.1. The molecule has 0 spiro atoms. The lowest BCUT2D eigenvalue weighted by molar-refractivity contribution is 0.0759. The third-order valence-corrected chi connectivity index (χ3v) is 4.41. The van der Waals surface area contributed by atoms with E-state index in [2.05, 4.69) is 23.5 Å². The van der Waals surface area contributed by atoms with E-state index in [4.69, 9.17) is 0 Å². The summed E-state index contributed by atoms with van der Waals surface area (Å²) in [6.45, 7) is 2.07. The van der Waals surface area contributed by atoms with Gasteiger partial charge in [-0.15, -0.1) is 0 Å². The largest absolute Gasteiger partial charge is 0.373 e. The number of pyridine rings is 1. The predicted molar refractivity (Wildman–Crippen MR) is 91.2 cm³/mol. The van der Waals surface area contributed by atoms with Crippen molar-refractivity contribution in [2.24, 2.45) is 0 Å². The number of benzene rings is 1. The van der Waals surface area contributed by atoms with E-state index in [0.29, 0.717) is 11.4 Å². The molecule has 0 aliphatic heterocycles. The highest BCUT2D eigenvalue weighted by atomic mass is 32.2. The number of nitrogens with one attached hydrogen (secondary N) is 1. The Kier molecular flexibility index (Phi) is 5.07. The first-order valence-corrected chi connectivity index (χ1v) is 8.31. The Balaban J connectivity index is 2.46. The van der Waals surface area contributed by atoms with Crippen molar-refractivity contribution in [2.45, 2.75) is 13.0 Å². The van der Waals surface area contributed by atoms with Gasteiger partial charge in [0.15, 0.2) is 0 Å². The minimum absolute atomic E-state index is 0.0339. The van der Waals surface area contributed by atoms with Crippen molar-refractivity contribution in [3.8, 4) is 0 Å². The van der Waals surface area contributed by atoms with E-state index in [1.807, 2.05) is 44.4 Å². The van der Waals surface area contributed by atoms with Crippen molar-refractivity contribution < 1.29 is 4.79 Å². The Labute approximate surface area is 129 Å². The van der Waals surface area contributed by atoms with Crippen LogP contribution in [0.2, 0.25) is 0 Å². The maximum absolute atomic E-state index is 12.8. The number of aromatic nitrogens is 1. The summed E-state index contributed by atoms with van der Waals surface area (Å²) in [6.07, 6.45) is 2.05. The van der Waals surface area contributed by atoms with Gasteiger partial charge in [0.25, 0.3) is 5.91 Å². The SMILES string of the molecule is CNc1cc(C(=O)N(C)[C@H](C)CSC)c2ccccc2n1. The van der Waals surface area contributed by atoms with Gasteiger partial charge in [0.05, 0.1) is 11.1 Å². The van der Waals surface area contributed by atoms with Gasteiger partial charge in [0, 0.05) is 31.3 Å².